The van der Waals surface area contributed by atoms with Crippen LogP contribution in [-0.4, -0.2) is 25.0 Å². The van der Waals surface area contributed by atoms with Gasteiger partial charge in [-0.05, 0) is 33.6 Å². The maximum atomic E-state index is 11.0. The maximum Gasteiger partial charge on any atom is 0.344 e. The van der Waals surface area contributed by atoms with Crippen LogP contribution in [0.25, 0.3) is 0 Å². The van der Waals surface area contributed by atoms with Crippen LogP contribution >= 0.6 is 15.2 Å². The summed E-state index contributed by atoms with van der Waals surface area (Å²) in [6.07, 6.45) is 4.10. The van der Waals surface area contributed by atoms with E-state index in [1.165, 1.54) is 0 Å². The van der Waals surface area contributed by atoms with Gasteiger partial charge >= 0.3 is 15.2 Å². The van der Waals surface area contributed by atoms with E-state index in [-0.39, 0.29) is 0 Å². The predicted octanol–water partition coefficient (Wildman–Crippen LogP) is 2.36. The molecule has 0 aromatic heterocycles. The molecule has 0 heterocycles. The molecular weight excluding hydrogens is 278 g/mol. The Balaban J connectivity index is 4.93. The van der Waals surface area contributed by atoms with Crippen molar-refractivity contribution in [3.05, 3.63) is 23.3 Å². The lowest BCUT2D eigenvalue weighted by Gasteiger charge is -2.17. The van der Waals surface area contributed by atoms with Gasteiger partial charge in [-0.1, -0.05) is 23.3 Å². The predicted molar refractivity (Wildman–Crippen MR) is 70.3 cm³/mol. The van der Waals surface area contributed by atoms with E-state index in [4.69, 9.17) is 19.6 Å². The van der Waals surface area contributed by atoms with Crippen molar-refractivity contribution < 1.29 is 28.7 Å². The molecule has 18 heavy (non-hydrogen) atoms. The minimum absolute atomic E-state index is 0.502. The van der Waals surface area contributed by atoms with Crippen LogP contribution in [-0.2, 0) is 9.13 Å². The normalized spacial score (nSPS) is 13.9. The monoisotopic (exact) mass is 298 g/mol. The van der Waals surface area contributed by atoms with Crippen molar-refractivity contribution in [1.82, 2.24) is 0 Å². The second-order valence-corrected chi connectivity index (χ2v) is 8.30. The quantitative estimate of drug-likeness (QED) is 0.442. The molecular formula is C10H20O6P2. The van der Waals surface area contributed by atoms with Crippen molar-refractivity contribution in [2.45, 2.75) is 39.0 Å². The van der Waals surface area contributed by atoms with Crippen LogP contribution in [0, 0.1) is 0 Å². The van der Waals surface area contributed by atoms with Gasteiger partial charge in [0, 0.05) is 0 Å². The Morgan fingerprint density at radius 1 is 1.06 bits per heavy atom. The molecule has 0 amide bonds. The summed E-state index contributed by atoms with van der Waals surface area (Å²) < 4.78 is 22.1. The Bertz CT molecular complexity index is 402. The third-order valence-corrected chi connectivity index (χ3v) is 5.70. The first-order valence-electron chi connectivity index (χ1n) is 5.35. The molecule has 0 aromatic carbocycles. The summed E-state index contributed by atoms with van der Waals surface area (Å²) in [4.78, 5) is 35.8. The Hall–Kier alpha value is -0.220. The van der Waals surface area contributed by atoms with Crippen molar-refractivity contribution in [2.75, 3.05) is 0 Å². The van der Waals surface area contributed by atoms with Crippen molar-refractivity contribution >= 4 is 15.2 Å². The van der Waals surface area contributed by atoms with Gasteiger partial charge in [0.05, 0.1) is 0 Å². The molecule has 0 atom stereocenters. The van der Waals surface area contributed by atoms with Gasteiger partial charge in [-0.3, -0.25) is 9.13 Å². The Morgan fingerprint density at radius 2 is 1.50 bits per heavy atom. The van der Waals surface area contributed by atoms with E-state index >= 15 is 0 Å². The van der Waals surface area contributed by atoms with Crippen LogP contribution in [0.2, 0.25) is 0 Å². The molecule has 0 unspecified atom stereocenters. The first kappa shape index (κ1) is 17.8. The fourth-order valence-electron chi connectivity index (χ4n) is 1.32. The summed E-state index contributed by atoms with van der Waals surface area (Å²) >= 11 is 0. The van der Waals surface area contributed by atoms with E-state index < -0.39 is 20.6 Å². The highest BCUT2D eigenvalue weighted by molar-refractivity contribution is 7.71. The molecule has 0 aliphatic carbocycles. The van der Waals surface area contributed by atoms with Crippen molar-refractivity contribution in [1.29, 1.82) is 0 Å². The highest BCUT2D eigenvalue weighted by Gasteiger charge is 2.41. The molecule has 0 rings (SSSR count). The summed E-state index contributed by atoms with van der Waals surface area (Å²) in [5.41, 5.74) is 1.66. The maximum absolute atomic E-state index is 11.0. The van der Waals surface area contributed by atoms with Crippen LogP contribution in [0.3, 0.4) is 0 Å². The molecule has 0 saturated carbocycles. The van der Waals surface area contributed by atoms with E-state index in [0.29, 0.717) is 18.4 Å². The van der Waals surface area contributed by atoms with Gasteiger partial charge in [0.1, 0.15) is 0 Å². The molecule has 0 saturated heterocycles. The average molecular weight is 298 g/mol. The molecule has 0 aliphatic heterocycles. The van der Waals surface area contributed by atoms with Crippen molar-refractivity contribution in [3.63, 3.8) is 0 Å². The second kappa shape index (κ2) is 6.80. The Labute approximate surface area is 107 Å². The molecule has 6 nitrogen and oxygen atoms in total. The van der Waals surface area contributed by atoms with E-state index in [1.807, 2.05) is 19.9 Å². The van der Waals surface area contributed by atoms with Crippen molar-refractivity contribution in [3.8, 4) is 0 Å². The van der Waals surface area contributed by atoms with Gasteiger partial charge in [0.2, 0.25) is 0 Å². The van der Waals surface area contributed by atoms with Gasteiger partial charge < -0.3 is 19.6 Å². The highest BCUT2D eigenvalue weighted by atomic mass is 31.2. The minimum Gasteiger partial charge on any atom is -0.324 e. The number of allylic oxidation sites excluding steroid dienone is 4. The fraction of sp³-hybridized carbons (Fsp3) is 0.600. The zero-order valence-electron chi connectivity index (χ0n) is 10.6. The molecule has 0 bridgehead atoms. The summed E-state index contributed by atoms with van der Waals surface area (Å²) in [6, 6.07) is 0. The van der Waals surface area contributed by atoms with Gasteiger partial charge in [-0.15, -0.1) is 0 Å². The largest absolute Gasteiger partial charge is 0.344 e. The zero-order valence-corrected chi connectivity index (χ0v) is 12.4. The fourth-order valence-corrected chi connectivity index (χ4v) is 3.78. The topological polar surface area (TPSA) is 115 Å². The molecule has 0 radical (unpaired) electrons. The minimum atomic E-state index is -4.86. The SMILES string of the molecule is CC(C)=CCC/C(C)=C/C(P(=O)(O)O)P(=O)(O)O. The zero-order chi connectivity index (χ0) is 14.6. The van der Waals surface area contributed by atoms with E-state index in [1.54, 1.807) is 6.92 Å². The Kier molecular flexibility index (Phi) is 6.72. The lowest BCUT2D eigenvalue weighted by atomic mass is 10.1. The lowest BCUT2D eigenvalue weighted by molar-refractivity contribution is 0.346. The van der Waals surface area contributed by atoms with E-state index in [9.17, 15) is 9.13 Å². The van der Waals surface area contributed by atoms with E-state index in [2.05, 4.69) is 0 Å². The van der Waals surface area contributed by atoms with Crippen LogP contribution in [0.4, 0.5) is 0 Å². The molecule has 106 valence electrons. The molecule has 0 fully saturated rings. The average Bonchev–Trinajstić information content (AvgIpc) is 2.09. The molecule has 8 heteroatoms. The van der Waals surface area contributed by atoms with Gasteiger partial charge in [0.15, 0.2) is 5.40 Å². The second-order valence-electron chi connectivity index (χ2n) is 4.42. The number of hydrogen-bond donors (Lipinski definition) is 4. The third-order valence-electron chi connectivity index (χ3n) is 2.21. The van der Waals surface area contributed by atoms with Crippen LogP contribution in [0.5, 0.6) is 0 Å². The van der Waals surface area contributed by atoms with Crippen LogP contribution < -0.4 is 0 Å². The van der Waals surface area contributed by atoms with Crippen LogP contribution in [0.1, 0.15) is 33.6 Å². The molecule has 0 aromatic rings. The molecule has 0 aliphatic rings. The van der Waals surface area contributed by atoms with Crippen LogP contribution in [0.15, 0.2) is 23.3 Å². The highest BCUT2D eigenvalue weighted by Crippen LogP contribution is 2.60. The van der Waals surface area contributed by atoms with Gasteiger partial charge in [0.25, 0.3) is 0 Å². The Morgan fingerprint density at radius 3 is 1.83 bits per heavy atom. The smallest absolute Gasteiger partial charge is 0.324 e. The number of hydrogen-bond acceptors (Lipinski definition) is 2. The van der Waals surface area contributed by atoms with Crippen molar-refractivity contribution in [2.24, 2.45) is 0 Å². The summed E-state index contributed by atoms with van der Waals surface area (Å²) in [5, 5.41) is -2.04. The van der Waals surface area contributed by atoms with E-state index in [0.717, 1.165) is 11.6 Å². The van der Waals surface area contributed by atoms with Gasteiger partial charge in [-0.2, -0.15) is 0 Å². The lowest BCUT2D eigenvalue weighted by Crippen LogP contribution is -2.06. The molecule has 0 spiro atoms. The first-order chi connectivity index (χ1) is 7.94. The standard InChI is InChI=1S/C10H20O6P2/c1-8(2)5-4-6-9(3)7-10(17(11,12)13)18(14,15)16/h5,7,10H,4,6H2,1-3H3,(H2,11,12,13)(H2,14,15,16)/b9-7+. The summed E-state index contributed by atoms with van der Waals surface area (Å²) in [5.74, 6) is 0. The third kappa shape index (κ3) is 7.27. The molecule has 4 N–H and O–H groups in total. The van der Waals surface area contributed by atoms with Gasteiger partial charge in [-0.25, -0.2) is 0 Å². The first-order valence-corrected chi connectivity index (χ1v) is 8.72. The summed E-state index contributed by atoms with van der Waals surface area (Å²) in [6.45, 7) is 5.44. The number of rotatable bonds is 6. The summed E-state index contributed by atoms with van der Waals surface area (Å²) in [7, 11) is -9.71.